The highest BCUT2D eigenvalue weighted by Crippen LogP contribution is 2.06. The van der Waals surface area contributed by atoms with Crippen molar-refractivity contribution in [3.8, 4) is 5.75 Å². The highest BCUT2D eigenvalue weighted by molar-refractivity contribution is 5.88. The van der Waals surface area contributed by atoms with Crippen LogP contribution in [0.3, 0.4) is 0 Å². The van der Waals surface area contributed by atoms with Crippen LogP contribution in [0.1, 0.15) is 17.4 Å². The van der Waals surface area contributed by atoms with Crippen molar-refractivity contribution in [3.63, 3.8) is 0 Å². The van der Waals surface area contributed by atoms with Crippen molar-refractivity contribution in [1.82, 2.24) is 9.97 Å². The van der Waals surface area contributed by atoms with Gasteiger partial charge in [-0.1, -0.05) is 0 Å². The first kappa shape index (κ1) is 10.0. The molecule has 0 atom stereocenters. The average Bonchev–Trinajstić information content (AvgIpc) is 2.09. The molecule has 7 heteroatoms. The lowest BCUT2D eigenvalue weighted by Gasteiger charge is -2.03. The van der Waals surface area contributed by atoms with Crippen LogP contribution in [0.5, 0.6) is 5.75 Å². The molecule has 0 saturated carbocycles. The lowest BCUT2D eigenvalue weighted by Crippen LogP contribution is -2.27. The van der Waals surface area contributed by atoms with Gasteiger partial charge in [-0.25, -0.2) is 9.59 Å². The molecule has 7 nitrogen and oxygen atoms in total. The van der Waals surface area contributed by atoms with E-state index in [9.17, 15) is 14.4 Å². The molecule has 14 heavy (non-hydrogen) atoms. The first-order chi connectivity index (χ1) is 6.56. The monoisotopic (exact) mass is 200 g/mol. The molecule has 0 unspecified atom stereocenters. The number of carbonyl (C=O) groups is 1. The van der Waals surface area contributed by atoms with Crippen molar-refractivity contribution in [3.05, 3.63) is 26.5 Å². The van der Waals surface area contributed by atoms with Crippen LogP contribution >= 0.6 is 0 Å². The third-order valence-electron chi connectivity index (χ3n) is 1.40. The number of rotatable bonds is 3. The third-order valence-corrected chi connectivity index (χ3v) is 1.40. The van der Waals surface area contributed by atoms with E-state index in [-0.39, 0.29) is 12.4 Å². The van der Waals surface area contributed by atoms with Gasteiger partial charge in [0.1, 0.15) is 0 Å². The second-order valence-electron chi connectivity index (χ2n) is 2.35. The van der Waals surface area contributed by atoms with E-state index >= 15 is 0 Å². The van der Waals surface area contributed by atoms with E-state index in [0.717, 1.165) is 0 Å². The number of carboxylic acid groups (broad SMARTS) is 1. The number of aromatic amines is 2. The molecule has 0 fully saturated rings. The van der Waals surface area contributed by atoms with E-state index in [4.69, 9.17) is 9.84 Å². The van der Waals surface area contributed by atoms with Gasteiger partial charge >= 0.3 is 11.7 Å². The Labute approximate surface area is 77.4 Å². The maximum atomic E-state index is 11.1. The lowest BCUT2D eigenvalue weighted by molar-refractivity contribution is 0.0684. The van der Waals surface area contributed by atoms with Gasteiger partial charge in [-0.05, 0) is 6.92 Å². The van der Waals surface area contributed by atoms with Crippen LogP contribution in [0, 0.1) is 0 Å². The molecule has 3 N–H and O–H groups in total. The number of hydrogen-bond acceptors (Lipinski definition) is 4. The van der Waals surface area contributed by atoms with E-state index in [1.165, 1.54) is 0 Å². The van der Waals surface area contributed by atoms with Gasteiger partial charge in [-0.15, -0.1) is 0 Å². The van der Waals surface area contributed by atoms with Gasteiger partial charge in [0.25, 0.3) is 5.56 Å². The van der Waals surface area contributed by atoms with Crippen molar-refractivity contribution in [2.75, 3.05) is 6.61 Å². The van der Waals surface area contributed by atoms with E-state index < -0.39 is 22.9 Å². The van der Waals surface area contributed by atoms with Crippen LogP contribution < -0.4 is 16.0 Å². The Morgan fingerprint density at radius 1 is 1.43 bits per heavy atom. The topological polar surface area (TPSA) is 112 Å². The van der Waals surface area contributed by atoms with E-state index in [2.05, 4.69) is 0 Å². The molecule has 1 rings (SSSR count). The normalized spacial score (nSPS) is 9.79. The van der Waals surface area contributed by atoms with Crippen LogP contribution in [0.2, 0.25) is 0 Å². The summed E-state index contributed by atoms with van der Waals surface area (Å²) in [6, 6.07) is 0. The molecule has 0 amide bonds. The highest BCUT2D eigenvalue weighted by Gasteiger charge is 2.16. The fraction of sp³-hybridized carbons (Fsp3) is 0.286. The molecule has 76 valence electrons. The fourth-order valence-electron chi connectivity index (χ4n) is 0.908. The average molecular weight is 200 g/mol. The fourth-order valence-corrected chi connectivity index (χ4v) is 0.908. The second kappa shape index (κ2) is 3.77. The van der Waals surface area contributed by atoms with Gasteiger partial charge < -0.3 is 9.84 Å². The molecular weight excluding hydrogens is 192 g/mol. The molecule has 0 aliphatic rings. The van der Waals surface area contributed by atoms with E-state index in [0.29, 0.717) is 0 Å². The first-order valence-corrected chi connectivity index (χ1v) is 3.79. The summed E-state index contributed by atoms with van der Waals surface area (Å²) in [5, 5.41) is 8.64. The zero-order valence-corrected chi connectivity index (χ0v) is 7.29. The Hall–Kier alpha value is -2.05. The van der Waals surface area contributed by atoms with Gasteiger partial charge in [0, 0.05) is 0 Å². The number of nitrogens with one attached hydrogen (secondary N) is 2. The number of carboxylic acids is 1. The van der Waals surface area contributed by atoms with Crippen molar-refractivity contribution in [2.45, 2.75) is 6.92 Å². The summed E-state index contributed by atoms with van der Waals surface area (Å²) in [5.41, 5.74) is -2.27. The molecule has 1 aromatic heterocycles. The molecule has 0 aliphatic heterocycles. The smallest absolute Gasteiger partial charge is 0.356 e. The van der Waals surface area contributed by atoms with Gasteiger partial charge in [0.2, 0.25) is 5.75 Å². The van der Waals surface area contributed by atoms with Crippen molar-refractivity contribution in [1.29, 1.82) is 0 Å². The summed E-state index contributed by atoms with van der Waals surface area (Å²) in [7, 11) is 0. The minimum absolute atomic E-state index is 0.134. The van der Waals surface area contributed by atoms with Crippen LogP contribution in [-0.2, 0) is 0 Å². The molecule has 0 saturated heterocycles. The molecule has 1 aromatic rings. The summed E-state index contributed by atoms with van der Waals surface area (Å²) in [5.74, 6) is -1.81. The number of aromatic carboxylic acids is 1. The Bertz CT molecular complexity index is 458. The highest BCUT2D eigenvalue weighted by atomic mass is 16.5. The van der Waals surface area contributed by atoms with Crippen LogP contribution in [0.15, 0.2) is 9.59 Å². The maximum absolute atomic E-state index is 11.1. The summed E-state index contributed by atoms with van der Waals surface area (Å²) in [6.07, 6.45) is 0. The van der Waals surface area contributed by atoms with E-state index in [1.54, 1.807) is 6.92 Å². The summed E-state index contributed by atoms with van der Waals surface area (Å²) >= 11 is 0. The molecule has 0 aromatic carbocycles. The first-order valence-electron chi connectivity index (χ1n) is 3.79. The van der Waals surface area contributed by atoms with Crippen LogP contribution in [0.25, 0.3) is 0 Å². The largest absolute Gasteiger partial charge is 0.486 e. The second-order valence-corrected chi connectivity index (χ2v) is 2.35. The number of aromatic nitrogens is 2. The van der Waals surface area contributed by atoms with Gasteiger partial charge in [-0.2, -0.15) is 0 Å². The van der Waals surface area contributed by atoms with Crippen molar-refractivity contribution in [2.24, 2.45) is 0 Å². The van der Waals surface area contributed by atoms with Crippen LogP contribution in [0.4, 0.5) is 0 Å². The molecule has 0 bridgehead atoms. The zero-order chi connectivity index (χ0) is 10.7. The molecule has 0 aliphatic carbocycles. The SMILES string of the molecule is CCOc1c(C(=O)O)[nH]c(=O)[nH]c1=O. The third kappa shape index (κ3) is 1.82. The predicted molar refractivity (Wildman–Crippen MR) is 45.8 cm³/mol. The summed E-state index contributed by atoms with van der Waals surface area (Å²) in [6.45, 7) is 1.73. The maximum Gasteiger partial charge on any atom is 0.356 e. The Kier molecular flexibility index (Phi) is 2.70. The minimum Gasteiger partial charge on any atom is -0.486 e. The van der Waals surface area contributed by atoms with Crippen molar-refractivity contribution < 1.29 is 14.6 Å². The summed E-state index contributed by atoms with van der Waals surface area (Å²) < 4.78 is 4.79. The minimum atomic E-state index is -1.42. The molecule has 1 heterocycles. The Balaban J connectivity index is 3.44. The Morgan fingerprint density at radius 3 is 2.57 bits per heavy atom. The van der Waals surface area contributed by atoms with Gasteiger partial charge in [0.15, 0.2) is 5.69 Å². The van der Waals surface area contributed by atoms with Gasteiger partial charge in [0.05, 0.1) is 6.61 Å². The standard InChI is InChI=1S/C7H8N2O5/c1-2-14-4-3(6(11)12)8-7(13)9-5(4)10/h2H2,1H3,(H,11,12)(H2,8,9,10,13). The predicted octanol–water partition coefficient (Wildman–Crippen LogP) is -0.840. The quantitative estimate of drug-likeness (QED) is 0.588. The van der Waals surface area contributed by atoms with E-state index in [1.807, 2.05) is 9.97 Å². The van der Waals surface area contributed by atoms with Crippen molar-refractivity contribution >= 4 is 5.97 Å². The number of H-pyrrole nitrogens is 2. The Morgan fingerprint density at radius 2 is 2.07 bits per heavy atom. The van der Waals surface area contributed by atoms with Gasteiger partial charge in [-0.3, -0.25) is 14.8 Å². The lowest BCUT2D eigenvalue weighted by atomic mass is 10.4. The summed E-state index contributed by atoms with van der Waals surface area (Å²) in [4.78, 5) is 36.3. The molecular formula is C7H8N2O5. The zero-order valence-electron chi connectivity index (χ0n) is 7.29. The molecule has 0 spiro atoms. The number of hydrogen-bond donors (Lipinski definition) is 3. The number of ether oxygens (including phenoxy) is 1. The molecule has 0 radical (unpaired) electrons. The van der Waals surface area contributed by atoms with Crippen LogP contribution in [-0.4, -0.2) is 27.7 Å².